The van der Waals surface area contributed by atoms with Crippen LogP contribution in [0.15, 0.2) is 0 Å². The largest absolute Gasteiger partial charge is 0.381 e. The molecule has 5 heteroatoms. The molecule has 2 N–H and O–H groups in total. The molecule has 2 aliphatic rings. The third-order valence-corrected chi connectivity index (χ3v) is 5.45. The zero-order valence-corrected chi connectivity index (χ0v) is 12.7. The first-order valence-electron chi connectivity index (χ1n) is 7.34. The van der Waals surface area contributed by atoms with Crippen molar-refractivity contribution in [2.24, 2.45) is 11.7 Å². The van der Waals surface area contributed by atoms with Crippen molar-refractivity contribution >= 4 is 17.7 Å². The Morgan fingerprint density at radius 1 is 1.37 bits per heavy atom. The number of carbonyl (C=O) groups excluding carboxylic acids is 1. The van der Waals surface area contributed by atoms with E-state index in [0.29, 0.717) is 24.8 Å². The second kappa shape index (κ2) is 7.50. The predicted octanol–water partition coefficient (Wildman–Crippen LogP) is 1.48. The van der Waals surface area contributed by atoms with Crippen LogP contribution in [0.2, 0.25) is 0 Å². The molecule has 110 valence electrons. The fourth-order valence-electron chi connectivity index (χ4n) is 3.09. The SMILES string of the molecule is COC1CCN(C(=O)CC2CCSCC2)C(CN)C1. The van der Waals surface area contributed by atoms with Gasteiger partial charge in [0, 0.05) is 32.7 Å². The van der Waals surface area contributed by atoms with E-state index in [-0.39, 0.29) is 12.1 Å². The van der Waals surface area contributed by atoms with E-state index in [4.69, 9.17) is 10.5 Å². The number of rotatable bonds is 4. The van der Waals surface area contributed by atoms with Crippen LogP contribution in [0.4, 0.5) is 0 Å². The molecule has 0 aromatic heterocycles. The number of hydrogen-bond acceptors (Lipinski definition) is 4. The molecular weight excluding hydrogens is 260 g/mol. The molecule has 0 aromatic rings. The fraction of sp³-hybridized carbons (Fsp3) is 0.929. The molecule has 2 atom stereocenters. The van der Waals surface area contributed by atoms with Gasteiger partial charge in [0.05, 0.1) is 6.10 Å². The topological polar surface area (TPSA) is 55.6 Å². The highest BCUT2D eigenvalue weighted by Crippen LogP contribution is 2.27. The number of thioether (sulfide) groups is 1. The summed E-state index contributed by atoms with van der Waals surface area (Å²) in [5, 5.41) is 0. The highest BCUT2D eigenvalue weighted by molar-refractivity contribution is 7.99. The number of piperidine rings is 1. The van der Waals surface area contributed by atoms with Crippen molar-refractivity contribution in [1.82, 2.24) is 4.90 Å². The van der Waals surface area contributed by atoms with Gasteiger partial charge in [0.15, 0.2) is 0 Å². The van der Waals surface area contributed by atoms with Gasteiger partial charge in [0.1, 0.15) is 0 Å². The average Bonchev–Trinajstić information content (AvgIpc) is 2.47. The summed E-state index contributed by atoms with van der Waals surface area (Å²) in [5.74, 6) is 3.32. The van der Waals surface area contributed by atoms with E-state index >= 15 is 0 Å². The highest BCUT2D eigenvalue weighted by Gasteiger charge is 2.31. The Morgan fingerprint density at radius 2 is 2.11 bits per heavy atom. The van der Waals surface area contributed by atoms with Crippen LogP contribution >= 0.6 is 11.8 Å². The molecule has 2 heterocycles. The maximum atomic E-state index is 12.5. The lowest BCUT2D eigenvalue weighted by Gasteiger charge is -2.39. The second-order valence-electron chi connectivity index (χ2n) is 5.62. The maximum absolute atomic E-state index is 12.5. The molecule has 2 rings (SSSR count). The van der Waals surface area contributed by atoms with Crippen LogP contribution in [-0.4, -0.2) is 54.7 Å². The smallest absolute Gasteiger partial charge is 0.223 e. The summed E-state index contributed by atoms with van der Waals surface area (Å²) in [5.41, 5.74) is 5.83. The van der Waals surface area contributed by atoms with Crippen LogP contribution in [0.5, 0.6) is 0 Å². The Kier molecular flexibility index (Phi) is 5.98. The van der Waals surface area contributed by atoms with Crippen molar-refractivity contribution in [3.05, 3.63) is 0 Å². The lowest BCUT2D eigenvalue weighted by molar-refractivity contribution is -0.137. The summed E-state index contributed by atoms with van der Waals surface area (Å²) in [6.07, 6.45) is 5.20. The van der Waals surface area contributed by atoms with Crippen molar-refractivity contribution in [2.45, 2.75) is 44.2 Å². The van der Waals surface area contributed by atoms with Crippen molar-refractivity contribution in [3.8, 4) is 0 Å². The van der Waals surface area contributed by atoms with Crippen LogP contribution < -0.4 is 5.73 Å². The molecular formula is C14H26N2O2S. The van der Waals surface area contributed by atoms with Crippen LogP contribution in [0.1, 0.15) is 32.1 Å². The van der Waals surface area contributed by atoms with Gasteiger partial charge in [-0.05, 0) is 43.1 Å². The van der Waals surface area contributed by atoms with Crippen LogP contribution in [0.25, 0.3) is 0 Å². The van der Waals surface area contributed by atoms with E-state index in [2.05, 4.69) is 0 Å². The molecule has 2 fully saturated rings. The van der Waals surface area contributed by atoms with Crippen LogP contribution in [0, 0.1) is 5.92 Å². The van der Waals surface area contributed by atoms with E-state index in [1.807, 2.05) is 16.7 Å². The van der Waals surface area contributed by atoms with Gasteiger partial charge in [-0.3, -0.25) is 4.79 Å². The van der Waals surface area contributed by atoms with Gasteiger partial charge in [-0.15, -0.1) is 0 Å². The van der Waals surface area contributed by atoms with Crippen molar-refractivity contribution in [2.75, 3.05) is 31.7 Å². The minimum Gasteiger partial charge on any atom is -0.381 e. The number of hydrogen-bond donors (Lipinski definition) is 1. The van der Waals surface area contributed by atoms with Gasteiger partial charge in [0.2, 0.25) is 5.91 Å². The van der Waals surface area contributed by atoms with E-state index in [9.17, 15) is 4.79 Å². The molecule has 2 unspecified atom stereocenters. The number of amides is 1. The molecule has 2 aliphatic heterocycles. The maximum Gasteiger partial charge on any atom is 0.223 e. The predicted molar refractivity (Wildman–Crippen MR) is 79.3 cm³/mol. The van der Waals surface area contributed by atoms with Crippen molar-refractivity contribution in [1.29, 1.82) is 0 Å². The first-order chi connectivity index (χ1) is 9.24. The standard InChI is InChI=1S/C14H26N2O2S/c1-18-13-2-5-16(12(9-13)10-15)14(17)8-11-3-6-19-7-4-11/h11-13H,2-10,15H2,1H3. The summed E-state index contributed by atoms with van der Waals surface area (Å²) in [7, 11) is 1.75. The van der Waals surface area contributed by atoms with Gasteiger partial charge in [-0.25, -0.2) is 0 Å². The second-order valence-corrected chi connectivity index (χ2v) is 6.84. The van der Waals surface area contributed by atoms with Crippen molar-refractivity contribution in [3.63, 3.8) is 0 Å². The lowest BCUT2D eigenvalue weighted by Crippen LogP contribution is -2.51. The van der Waals surface area contributed by atoms with Gasteiger partial charge in [-0.2, -0.15) is 11.8 Å². The van der Waals surface area contributed by atoms with E-state index in [1.165, 1.54) is 24.3 Å². The number of ether oxygens (including phenoxy) is 1. The molecule has 0 aromatic carbocycles. The van der Waals surface area contributed by atoms with Gasteiger partial charge in [0.25, 0.3) is 0 Å². The van der Waals surface area contributed by atoms with E-state index < -0.39 is 0 Å². The molecule has 2 saturated heterocycles. The molecule has 0 radical (unpaired) electrons. The zero-order valence-electron chi connectivity index (χ0n) is 11.8. The summed E-state index contributed by atoms with van der Waals surface area (Å²) in [6.45, 7) is 1.35. The monoisotopic (exact) mass is 286 g/mol. The first kappa shape index (κ1) is 15.1. The number of carbonyl (C=O) groups is 1. The third kappa shape index (κ3) is 4.10. The number of methoxy groups -OCH3 is 1. The van der Waals surface area contributed by atoms with Gasteiger partial charge >= 0.3 is 0 Å². The Bertz CT molecular complexity index is 295. The third-order valence-electron chi connectivity index (χ3n) is 4.40. The summed E-state index contributed by atoms with van der Waals surface area (Å²) in [4.78, 5) is 14.5. The molecule has 0 aliphatic carbocycles. The number of likely N-dealkylation sites (tertiary alicyclic amines) is 1. The molecule has 0 bridgehead atoms. The van der Waals surface area contributed by atoms with Gasteiger partial charge < -0.3 is 15.4 Å². The summed E-state index contributed by atoms with van der Waals surface area (Å²) < 4.78 is 5.40. The lowest BCUT2D eigenvalue weighted by atomic mass is 9.94. The van der Waals surface area contributed by atoms with Crippen LogP contribution in [-0.2, 0) is 9.53 Å². The Hall–Kier alpha value is -0.260. The van der Waals surface area contributed by atoms with Crippen molar-refractivity contribution < 1.29 is 9.53 Å². The Balaban J connectivity index is 1.86. The Morgan fingerprint density at radius 3 is 2.74 bits per heavy atom. The normalized spacial score (nSPS) is 29.5. The summed E-state index contributed by atoms with van der Waals surface area (Å²) >= 11 is 2.01. The molecule has 4 nitrogen and oxygen atoms in total. The number of nitrogens with zero attached hydrogens (tertiary/aromatic N) is 1. The first-order valence-corrected chi connectivity index (χ1v) is 8.50. The molecule has 1 amide bonds. The Labute approximate surface area is 120 Å². The quantitative estimate of drug-likeness (QED) is 0.850. The van der Waals surface area contributed by atoms with Crippen LogP contribution in [0.3, 0.4) is 0 Å². The van der Waals surface area contributed by atoms with E-state index in [1.54, 1.807) is 7.11 Å². The minimum absolute atomic E-state index is 0.171. The zero-order chi connectivity index (χ0) is 13.7. The minimum atomic E-state index is 0.171. The highest BCUT2D eigenvalue weighted by atomic mass is 32.2. The fourth-order valence-corrected chi connectivity index (χ4v) is 4.30. The average molecular weight is 286 g/mol. The molecule has 19 heavy (non-hydrogen) atoms. The van der Waals surface area contributed by atoms with E-state index in [0.717, 1.165) is 19.4 Å². The van der Waals surface area contributed by atoms with Gasteiger partial charge in [-0.1, -0.05) is 0 Å². The molecule has 0 saturated carbocycles. The molecule has 0 spiro atoms. The summed E-state index contributed by atoms with van der Waals surface area (Å²) in [6, 6.07) is 0.171. The number of nitrogens with two attached hydrogens (primary N) is 1.